The van der Waals surface area contributed by atoms with Gasteiger partial charge in [0.15, 0.2) is 0 Å². The maximum absolute atomic E-state index is 12.4. The number of aryl methyl sites for hydroxylation is 1. The molecule has 0 unspecified atom stereocenters. The van der Waals surface area contributed by atoms with Crippen molar-refractivity contribution in [3.8, 4) is 5.69 Å². The Hall–Kier alpha value is -2.88. The standard InChI is InChI=1S/C21H21N3O/c25-21(13-17-10-9-16-5-1-3-7-19(16)17)23-14-18-6-2-4-8-20(18)24-12-11-22-15-24/h1-8,11-12,15,17H,9-10,13-14H2,(H,23,25)/t17-/m0/s1. The summed E-state index contributed by atoms with van der Waals surface area (Å²) in [5, 5.41) is 3.09. The van der Waals surface area contributed by atoms with E-state index >= 15 is 0 Å². The summed E-state index contributed by atoms with van der Waals surface area (Å²) >= 11 is 0. The highest BCUT2D eigenvalue weighted by atomic mass is 16.1. The predicted octanol–water partition coefficient (Wildman–Crippen LogP) is 3.61. The van der Waals surface area contributed by atoms with Crippen LogP contribution in [0, 0.1) is 0 Å². The van der Waals surface area contributed by atoms with E-state index in [1.54, 1.807) is 12.5 Å². The molecule has 4 heteroatoms. The maximum Gasteiger partial charge on any atom is 0.220 e. The molecule has 0 radical (unpaired) electrons. The Balaban J connectivity index is 1.41. The van der Waals surface area contributed by atoms with Crippen molar-refractivity contribution in [3.63, 3.8) is 0 Å². The van der Waals surface area contributed by atoms with Crippen molar-refractivity contribution in [1.82, 2.24) is 14.9 Å². The first kappa shape index (κ1) is 15.6. The molecular formula is C21H21N3O. The lowest BCUT2D eigenvalue weighted by Crippen LogP contribution is -2.24. The second kappa shape index (κ2) is 6.93. The summed E-state index contributed by atoms with van der Waals surface area (Å²) in [6.45, 7) is 0.529. The summed E-state index contributed by atoms with van der Waals surface area (Å²) in [5.41, 5.74) is 4.87. The number of rotatable bonds is 5. The molecule has 2 aromatic carbocycles. The Labute approximate surface area is 147 Å². The number of amides is 1. The van der Waals surface area contributed by atoms with E-state index in [0.717, 1.165) is 24.1 Å². The van der Waals surface area contributed by atoms with E-state index < -0.39 is 0 Å². The molecule has 126 valence electrons. The van der Waals surface area contributed by atoms with Crippen molar-refractivity contribution in [2.75, 3.05) is 0 Å². The van der Waals surface area contributed by atoms with Gasteiger partial charge in [0, 0.05) is 25.4 Å². The fourth-order valence-electron chi connectivity index (χ4n) is 3.66. The van der Waals surface area contributed by atoms with Crippen molar-refractivity contribution in [2.24, 2.45) is 0 Å². The fourth-order valence-corrected chi connectivity index (χ4v) is 3.66. The van der Waals surface area contributed by atoms with Gasteiger partial charge in [0.05, 0.1) is 12.0 Å². The van der Waals surface area contributed by atoms with E-state index in [0.29, 0.717) is 18.9 Å². The van der Waals surface area contributed by atoms with Crippen molar-refractivity contribution in [1.29, 1.82) is 0 Å². The summed E-state index contributed by atoms with van der Waals surface area (Å²) in [6, 6.07) is 16.6. The van der Waals surface area contributed by atoms with Crippen LogP contribution in [0.4, 0.5) is 0 Å². The van der Waals surface area contributed by atoms with E-state index in [1.807, 2.05) is 35.0 Å². The van der Waals surface area contributed by atoms with Gasteiger partial charge in [-0.25, -0.2) is 4.98 Å². The molecule has 3 aromatic rings. The van der Waals surface area contributed by atoms with Gasteiger partial charge in [0.25, 0.3) is 0 Å². The van der Waals surface area contributed by atoms with Crippen molar-refractivity contribution < 1.29 is 4.79 Å². The molecule has 0 saturated heterocycles. The monoisotopic (exact) mass is 331 g/mol. The minimum atomic E-state index is 0.113. The largest absolute Gasteiger partial charge is 0.352 e. The Morgan fingerprint density at radius 2 is 2.00 bits per heavy atom. The molecule has 0 saturated carbocycles. The van der Waals surface area contributed by atoms with Crippen LogP contribution in [0.15, 0.2) is 67.3 Å². The highest BCUT2D eigenvalue weighted by Gasteiger charge is 2.24. The number of fused-ring (bicyclic) bond motifs is 1. The van der Waals surface area contributed by atoms with Gasteiger partial charge in [0.1, 0.15) is 0 Å². The molecule has 4 rings (SSSR count). The van der Waals surface area contributed by atoms with E-state index in [1.165, 1.54) is 11.1 Å². The highest BCUT2D eigenvalue weighted by molar-refractivity contribution is 5.77. The Morgan fingerprint density at radius 3 is 2.88 bits per heavy atom. The topological polar surface area (TPSA) is 46.9 Å². The summed E-state index contributed by atoms with van der Waals surface area (Å²) in [4.78, 5) is 16.6. The number of benzene rings is 2. The molecule has 1 heterocycles. The van der Waals surface area contributed by atoms with Gasteiger partial charge in [-0.05, 0) is 41.5 Å². The third-order valence-corrected chi connectivity index (χ3v) is 4.94. The summed E-state index contributed by atoms with van der Waals surface area (Å²) < 4.78 is 1.97. The Bertz CT molecular complexity index is 870. The van der Waals surface area contributed by atoms with Gasteiger partial charge in [-0.2, -0.15) is 0 Å². The quantitative estimate of drug-likeness (QED) is 0.776. The number of hydrogen-bond donors (Lipinski definition) is 1. The molecule has 25 heavy (non-hydrogen) atoms. The van der Waals surface area contributed by atoms with Gasteiger partial charge in [-0.1, -0.05) is 42.5 Å². The minimum absolute atomic E-state index is 0.113. The predicted molar refractivity (Wildman–Crippen MR) is 97.5 cm³/mol. The number of nitrogens with zero attached hydrogens (tertiary/aromatic N) is 2. The van der Waals surface area contributed by atoms with Crippen LogP contribution < -0.4 is 5.32 Å². The molecule has 0 aliphatic heterocycles. The van der Waals surface area contributed by atoms with E-state index in [2.05, 4.69) is 34.6 Å². The molecular weight excluding hydrogens is 310 g/mol. The number of hydrogen-bond acceptors (Lipinski definition) is 2. The van der Waals surface area contributed by atoms with Crippen LogP contribution >= 0.6 is 0 Å². The van der Waals surface area contributed by atoms with E-state index in [-0.39, 0.29) is 5.91 Å². The molecule has 0 bridgehead atoms. The summed E-state index contributed by atoms with van der Waals surface area (Å²) in [5.74, 6) is 0.460. The SMILES string of the molecule is O=C(C[C@@H]1CCc2ccccc21)NCc1ccccc1-n1ccnc1. The normalized spacial score (nSPS) is 15.8. The lowest BCUT2D eigenvalue weighted by molar-refractivity contribution is -0.121. The molecule has 1 aromatic heterocycles. The van der Waals surface area contributed by atoms with Crippen molar-refractivity contribution >= 4 is 5.91 Å². The fraction of sp³-hybridized carbons (Fsp3) is 0.238. The van der Waals surface area contributed by atoms with Gasteiger partial charge >= 0.3 is 0 Å². The van der Waals surface area contributed by atoms with Crippen LogP contribution in [-0.2, 0) is 17.8 Å². The number of carbonyl (C=O) groups is 1. The van der Waals surface area contributed by atoms with E-state index in [4.69, 9.17) is 0 Å². The van der Waals surface area contributed by atoms with Crippen LogP contribution in [0.5, 0.6) is 0 Å². The third-order valence-electron chi connectivity index (χ3n) is 4.94. The summed E-state index contributed by atoms with van der Waals surface area (Å²) in [7, 11) is 0. The average Bonchev–Trinajstić information content (AvgIpc) is 3.31. The van der Waals surface area contributed by atoms with Crippen LogP contribution in [0.25, 0.3) is 5.69 Å². The number of para-hydroxylation sites is 1. The van der Waals surface area contributed by atoms with Gasteiger partial charge in [-0.15, -0.1) is 0 Å². The first-order valence-corrected chi connectivity index (χ1v) is 8.72. The molecule has 1 amide bonds. The second-order valence-corrected chi connectivity index (χ2v) is 6.51. The van der Waals surface area contributed by atoms with Crippen LogP contribution in [0.1, 0.15) is 35.4 Å². The molecule has 0 spiro atoms. The number of nitrogens with one attached hydrogen (secondary N) is 1. The molecule has 1 N–H and O–H groups in total. The molecule has 1 aliphatic rings. The molecule has 0 fully saturated rings. The third kappa shape index (κ3) is 3.33. The zero-order valence-corrected chi connectivity index (χ0v) is 14.1. The number of imidazole rings is 1. The van der Waals surface area contributed by atoms with E-state index in [9.17, 15) is 4.79 Å². The Kier molecular flexibility index (Phi) is 4.34. The van der Waals surface area contributed by atoms with Crippen molar-refractivity contribution in [3.05, 3.63) is 83.9 Å². The smallest absolute Gasteiger partial charge is 0.220 e. The lowest BCUT2D eigenvalue weighted by Gasteiger charge is -2.14. The zero-order chi connectivity index (χ0) is 17.1. The average molecular weight is 331 g/mol. The first-order valence-electron chi connectivity index (χ1n) is 8.72. The lowest BCUT2D eigenvalue weighted by atomic mass is 9.97. The minimum Gasteiger partial charge on any atom is -0.352 e. The summed E-state index contributed by atoms with van der Waals surface area (Å²) in [6.07, 6.45) is 8.15. The molecule has 1 atom stereocenters. The van der Waals surface area contributed by atoms with Crippen LogP contribution in [0.2, 0.25) is 0 Å². The van der Waals surface area contributed by atoms with Crippen molar-refractivity contribution in [2.45, 2.75) is 31.7 Å². The first-order chi connectivity index (χ1) is 12.3. The number of carbonyl (C=O) groups excluding carboxylic acids is 1. The van der Waals surface area contributed by atoms with Gasteiger partial charge < -0.3 is 9.88 Å². The zero-order valence-electron chi connectivity index (χ0n) is 14.1. The van der Waals surface area contributed by atoms with Gasteiger partial charge in [0.2, 0.25) is 5.91 Å². The van der Waals surface area contributed by atoms with Crippen LogP contribution in [0.3, 0.4) is 0 Å². The maximum atomic E-state index is 12.4. The van der Waals surface area contributed by atoms with Gasteiger partial charge in [-0.3, -0.25) is 4.79 Å². The highest BCUT2D eigenvalue weighted by Crippen LogP contribution is 2.35. The molecule has 4 nitrogen and oxygen atoms in total. The number of aromatic nitrogens is 2. The Morgan fingerprint density at radius 1 is 1.16 bits per heavy atom. The molecule has 1 aliphatic carbocycles. The second-order valence-electron chi connectivity index (χ2n) is 6.51. The van der Waals surface area contributed by atoms with Crippen LogP contribution in [-0.4, -0.2) is 15.5 Å².